The minimum absolute atomic E-state index is 0.00522. The second-order valence-corrected chi connectivity index (χ2v) is 12.9. The van der Waals surface area contributed by atoms with Gasteiger partial charge in [0.15, 0.2) is 23.4 Å². The molecule has 0 aliphatic carbocycles. The van der Waals surface area contributed by atoms with E-state index in [1.54, 1.807) is 13.0 Å². The van der Waals surface area contributed by atoms with Crippen LogP contribution in [0, 0.1) is 6.92 Å². The minimum Gasteiger partial charge on any atom is -0.504 e. The molecule has 1 unspecified atom stereocenters. The molecule has 0 radical (unpaired) electrons. The second kappa shape index (κ2) is 12.8. The smallest absolute Gasteiger partial charge is 0.416 e. The first-order valence-electron chi connectivity index (χ1n) is 15.9. The van der Waals surface area contributed by atoms with Crippen molar-refractivity contribution in [3.05, 3.63) is 80.0 Å². The third-order valence-electron chi connectivity index (χ3n) is 9.34. The second-order valence-electron chi connectivity index (χ2n) is 12.5. The maximum absolute atomic E-state index is 16.6. The molecule has 3 N–H and O–H groups in total. The van der Waals surface area contributed by atoms with Crippen LogP contribution in [-0.4, -0.2) is 88.9 Å². The number of ether oxygens (including phenoxy) is 2. The first-order chi connectivity index (χ1) is 24.2. The lowest BCUT2D eigenvalue weighted by atomic mass is 9.83. The highest BCUT2D eigenvalue weighted by atomic mass is 35.5. The van der Waals surface area contributed by atoms with Gasteiger partial charge in [-0.1, -0.05) is 17.7 Å². The lowest BCUT2D eigenvalue weighted by molar-refractivity contribution is -0.143. The largest absolute Gasteiger partial charge is 0.504 e. The van der Waals surface area contributed by atoms with Crippen LogP contribution in [0.25, 0.3) is 11.4 Å². The molecule has 0 bridgehead atoms. The molecule has 14 nitrogen and oxygen atoms in total. The number of nitrogens with one attached hydrogen (secondary N) is 1. The van der Waals surface area contributed by atoms with E-state index in [2.05, 4.69) is 25.4 Å². The molecule has 7 rings (SSSR count). The number of hydrogen-bond acceptors (Lipinski definition) is 11. The van der Waals surface area contributed by atoms with Crippen LogP contribution in [0.2, 0.25) is 5.02 Å². The van der Waals surface area contributed by atoms with Gasteiger partial charge in [0, 0.05) is 13.0 Å². The molecule has 3 aliphatic heterocycles. The Morgan fingerprint density at radius 2 is 2.06 bits per heavy atom. The summed E-state index contributed by atoms with van der Waals surface area (Å²) in [4.78, 5) is 41.2. The molecule has 1 spiro atoms. The number of fused-ring (bicyclic) bond motifs is 3. The molecule has 1 saturated heterocycles. The number of rotatable bonds is 6. The van der Waals surface area contributed by atoms with Gasteiger partial charge in [-0.15, -0.1) is 5.10 Å². The number of carbonyl (C=O) groups is 1. The predicted molar refractivity (Wildman–Crippen MR) is 172 cm³/mol. The number of aliphatic hydroxyl groups excluding tert-OH is 1. The number of carbonyl (C=O) groups excluding carboxylic acids is 1. The van der Waals surface area contributed by atoms with Gasteiger partial charge in [0.25, 0.3) is 11.5 Å². The fourth-order valence-corrected chi connectivity index (χ4v) is 7.07. The summed E-state index contributed by atoms with van der Waals surface area (Å²) in [5, 5.41) is 28.5. The highest BCUT2D eigenvalue weighted by Crippen LogP contribution is 2.49. The van der Waals surface area contributed by atoms with Gasteiger partial charge < -0.3 is 34.5 Å². The number of piperidine rings is 1. The molecule has 4 atom stereocenters. The van der Waals surface area contributed by atoms with Crippen molar-refractivity contribution in [3.8, 4) is 5.75 Å². The summed E-state index contributed by atoms with van der Waals surface area (Å²) >= 11 is 6.13. The van der Waals surface area contributed by atoms with E-state index in [1.165, 1.54) is 16.4 Å². The molecule has 0 saturated carbocycles. The summed E-state index contributed by atoms with van der Waals surface area (Å²) in [7, 11) is 0. The standard InChI is InChI=1S/C32H31ClF4N8O6/c1-15-26(47)24(39-14-38-15)29(49)43-8-7-31(21(34)12-43)23-25(16(2)51-31)44(13-22(46)40-20-4-3-18(11-19(20)33)32(35,36)37)30-41-27(42-45(30)28(23)48)17-5-9-50-10-6-17/h3-5,11,14,16,21-22,40,46-47H,6-10,12-13H2,1-2H3/t16-,21+,22?,31+/m0/s1. The first kappa shape index (κ1) is 34.8. The summed E-state index contributed by atoms with van der Waals surface area (Å²) in [6, 6.07) is 2.62. The van der Waals surface area contributed by atoms with E-state index in [1.807, 2.05) is 0 Å². The van der Waals surface area contributed by atoms with Crippen LogP contribution < -0.4 is 10.9 Å². The quantitative estimate of drug-likeness (QED) is 0.195. The summed E-state index contributed by atoms with van der Waals surface area (Å²) in [6.45, 7) is 2.89. The number of likely N-dealkylation sites (tertiary alicyclic amines) is 1. The van der Waals surface area contributed by atoms with E-state index in [4.69, 9.17) is 21.1 Å². The van der Waals surface area contributed by atoms with Crippen LogP contribution in [0.3, 0.4) is 0 Å². The number of nitrogens with zero attached hydrogens (tertiary/aromatic N) is 7. The topological polar surface area (TPSA) is 169 Å². The van der Waals surface area contributed by atoms with Gasteiger partial charge in [0.2, 0.25) is 5.78 Å². The third kappa shape index (κ3) is 5.98. The molecule has 19 heteroatoms. The Morgan fingerprint density at radius 1 is 1.27 bits per heavy atom. The Labute approximate surface area is 291 Å². The normalized spacial score (nSPS) is 22.7. The molecule has 51 heavy (non-hydrogen) atoms. The van der Waals surface area contributed by atoms with Crippen molar-refractivity contribution in [2.24, 2.45) is 0 Å². The van der Waals surface area contributed by atoms with Crippen LogP contribution in [-0.2, 0) is 27.8 Å². The molecular weight excluding hydrogens is 704 g/mol. The summed E-state index contributed by atoms with van der Waals surface area (Å²) in [5.41, 5.74) is -2.77. The molecule has 6 heterocycles. The summed E-state index contributed by atoms with van der Waals surface area (Å²) in [6.07, 6.45) is -5.80. The van der Waals surface area contributed by atoms with Gasteiger partial charge in [0.05, 0.1) is 65.6 Å². The minimum atomic E-state index is -4.63. The zero-order chi connectivity index (χ0) is 36.4. The van der Waals surface area contributed by atoms with Gasteiger partial charge >= 0.3 is 6.18 Å². The third-order valence-corrected chi connectivity index (χ3v) is 9.65. The molecule has 3 aliphatic rings. The van der Waals surface area contributed by atoms with Crippen LogP contribution in [0.4, 0.5) is 23.2 Å². The number of aliphatic hydroxyl groups is 1. The van der Waals surface area contributed by atoms with Crippen LogP contribution in [0.1, 0.15) is 64.7 Å². The Hall–Kier alpha value is -4.65. The average molecular weight is 735 g/mol. The fraction of sp³-hybridized carbons (Fsp3) is 0.438. The van der Waals surface area contributed by atoms with Crippen molar-refractivity contribution in [2.45, 2.75) is 63.5 Å². The fourth-order valence-electron chi connectivity index (χ4n) is 6.84. The number of anilines is 1. The number of alkyl halides is 4. The molecular formula is C32H31ClF4N8O6. The number of aromatic hydroxyl groups is 1. The van der Waals surface area contributed by atoms with Crippen molar-refractivity contribution in [3.63, 3.8) is 0 Å². The number of amides is 1. The number of halogens is 5. The van der Waals surface area contributed by atoms with E-state index in [9.17, 15) is 33.0 Å². The zero-order valence-electron chi connectivity index (χ0n) is 27.1. The van der Waals surface area contributed by atoms with Crippen molar-refractivity contribution < 1.29 is 42.0 Å². The maximum Gasteiger partial charge on any atom is 0.416 e. The van der Waals surface area contributed by atoms with Crippen molar-refractivity contribution in [1.29, 1.82) is 0 Å². The van der Waals surface area contributed by atoms with Gasteiger partial charge in [-0.3, -0.25) is 9.59 Å². The zero-order valence-corrected chi connectivity index (χ0v) is 27.9. The Balaban J connectivity index is 1.28. The SMILES string of the molecule is Cc1ncnc(C(=O)N2CC[C@@]3(O[C@@H](C)c4c3c(=O)n3nc(C5=CCOCC5)nc3n4CC(O)Nc3ccc(C(F)(F)F)cc3Cl)[C@H](F)C2)c1O. The van der Waals surface area contributed by atoms with E-state index in [0.717, 1.165) is 29.0 Å². The van der Waals surface area contributed by atoms with Gasteiger partial charge in [-0.2, -0.15) is 22.7 Å². The molecule has 270 valence electrons. The van der Waals surface area contributed by atoms with E-state index in [-0.39, 0.29) is 64.5 Å². The lowest BCUT2D eigenvalue weighted by Gasteiger charge is -2.41. The number of aromatic nitrogens is 6. The highest BCUT2D eigenvalue weighted by molar-refractivity contribution is 6.33. The monoisotopic (exact) mass is 734 g/mol. The van der Waals surface area contributed by atoms with Gasteiger partial charge in [0.1, 0.15) is 18.2 Å². The summed E-state index contributed by atoms with van der Waals surface area (Å²) in [5.74, 6) is -0.922. The predicted octanol–water partition coefficient (Wildman–Crippen LogP) is 3.77. The van der Waals surface area contributed by atoms with E-state index >= 15 is 4.39 Å². The molecule has 1 amide bonds. The van der Waals surface area contributed by atoms with E-state index < -0.39 is 59.6 Å². The Kier molecular flexibility index (Phi) is 8.76. The first-order valence-corrected chi connectivity index (χ1v) is 16.3. The van der Waals surface area contributed by atoms with Crippen LogP contribution >= 0.6 is 11.6 Å². The van der Waals surface area contributed by atoms with Crippen LogP contribution in [0.5, 0.6) is 5.75 Å². The molecule has 1 fully saturated rings. The van der Waals surface area contributed by atoms with Crippen molar-refractivity contribution in [2.75, 3.05) is 31.6 Å². The average Bonchev–Trinajstić information content (AvgIpc) is 3.67. The highest BCUT2D eigenvalue weighted by Gasteiger charge is 2.56. The number of benzene rings is 1. The van der Waals surface area contributed by atoms with E-state index in [0.29, 0.717) is 25.2 Å². The Morgan fingerprint density at radius 3 is 2.75 bits per heavy atom. The molecule has 1 aromatic carbocycles. The molecule has 3 aromatic heterocycles. The van der Waals surface area contributed by atoms with Crippen molar-refractivity contribution in [1.82, 2.24) is 34.0 Å². The van der Waals surface area contributed by atoms with Crippen molar-refractivity contribution >= 4 is 34.5 Å². The van der Waals surface area contributed by atoms with Gasteiger partial charge in [-0.05, 0) is 44.0 Å². The van der Waals surface area contributed by atoms with Crippen LogP contribution in [0.15, 0.2) is 35.4 Å². The number of hydrogen-bond donors (Lipinski definition) is 3. The van der Waals surface area contributed by atoms with Gasteiger partial charge in [-0.25, -0.2) is 14.4 Å². The molecule has 4 aromatic rings. The Bertz CT molecular complexity index is 2140. The lowest BCUT2D eigenvalue weighted by Crippen LogP contribution is -2.55. The maximum atomic E-state index is 16.6. The summed E-state index contributed by atoms with van der Waals surface area (Å²) < 4.78 is 70.5. The number of aryl methyl sites for hydroxylation is 1.